The highest BCUT2D eigenvalue weighted by Crippen LogP contribution is 2.61. The molecule has 212 valence electrons. The topological polar surface area (TPSA) is 292 Å². The number of H-pyrrole nitrogens is 1. The number of aromatic amines is 1. The number of phosphoric ester groups is 2. The number of nitrogens with zero attached hydrogens (tertiary/aromatic N) is 4. The third-order valence-corrected chi connectivity index (χ3v) is 8.11. The lowest BCUT2D eigenvalue weighted by molar-refractivity contribution is -0.0504. The Balaban J connectivity index is 1.40. The molecule has 1 saturated heterocycles. The number of aliphatic hydroxyl groups is 2. The maximum Gasteiger partial charge on any atom is 0.481 e. The number of anilines is 1. The summed E-state index contributed by atoms with van der Waals surface area (Å²) in [4.78, 5) is 56.7. The number of imidazole rings is 1. The van der Waals surface area contributed by atoms with Crippen LogP contribution in [-0.2, 0) is 33.8 Å². The highest BCUT2D eigenvalue weighted by atomic mass is 31.3. The third-order valence-electron chi connectivity index (χ3n) is 5.53. The second kappa shape index (κ2) is 10.8. The number of pyridine rings is 1. The van der Waals surface area contributed by atoms with E-state index in [1.165, 1.54) is 6.92 Å². The van der Waals surface area contributed by atoms with E-state index in [4.69, 9.17) is 10.5 Å². The fourth-order valence-electron chi connectivity index (χ4n) is 3.62. The van der Waals surface area contributed by atoms with Crippen LogP contribution in [0.5, 0.6) is 5.75 Å². The summed E-state index contributed by atoms with van der Waals surface area (Å²) in [5.74, 6) is -0.740. The number of fused-ring (bicyclic) bond motifs is 1. The molecule has 0 saturated carbocycles. The number of aryl methyl sites for hydroxylation is 1. The summed E-state index contributed by atoms with van der Waals surface area (Å²) in [7, 11) is -10.6. The van der Waals surface area contributed by atoms with Crippen LogP contribution in [0.25, 0.3) is 11.2 Å². The molecule has 4 rings (SSSR count). The lowest BCUT2D eigenvalue weighted by atomic mass is 10.1. The van der Waals surface area contributed by atoms with Crippen molar-refractivity contribution in [3.05, 3.63) is 39.7 Å². The summed E-state index contributed by atoms with van der Waals surface area (Å²) in [5, 5.41) is 30.6. The molecule has 0 spiro atoms. The van der Waals surface area contributed by atoms with Crippen molar-refractivity contribution in [3.8, 4) is 5.75 Å². The van der Waals surface area contributed by atoms with Crippen molar-refractivity contribution in [3.63, 3.8) is 0 Å². The summed E-state index contributed by atoms with van der Waals surface area (Å²) in [5.41, 5.74) is 4.35. The van der Waals surface area contributed by atoms with E-state index in [0.717, 1.165) is 17.1 Å². The van der Waals surface area contributed by atoms with Crippen molar-refractivity contribution >= 4 is 39.0 Å². The van der Waals surface area contributed by atoms with Crippen LogP contribution in [0, 0.1) is 6.92 Å². The maximum atomic E-state index is 12.3. The number of aliphatic hydroxyl groups excluding tert-OH is 2. The number of nitrogens with two attached hydrogens (primary N) is 1. The first-order valence-electron chi connectivity index (χ1n) is 10.8. The van der Waals surface area contributed by atoms with Crippen molar-refractivity contribution in [2.75, 3.05) is 12.3 Å². The van der Waals surface area contributed by atoms with E-state index in [9.17, 15) is 43.8 Å². The number of nitrogen functional groups attached to an aromatic ring is 1. The lowest BCUT2D eigenvalue weighted by Crippen LogP contribution is -2.33. The van der Waals surface area contributed by atoms with Gasteiger partial charge in [0.05, 0.1) is 30.8 Å². The van der Waals surface area contributed by atoms with Crippen LogP contribution in [-0.4, -0.2) is 80.8 Å². The van der Waals surface area contributed by atoms with Gasteiger partial charge in [0, 0.05) is 11.8 Å². The number of phosphoric acid groups is 2. The number of hydrogen-bond donors (Lipinski definition) is 7. The molecule has 1 aliphatic rings. The van der Waals surface area contributed by atoms with Gasteiger partial charge < -0.3 is 35.6 Å². The summed E-state index contributed by atoms with van der Waals surface area (Å²) < 4.78 is 44.5. The third kappa shape index (κ3) is 6.07. The molecule has 19 nitrogen and oxygen atoms in total. The number of ether oxygens (including phenoxy) is 1. The molecule has 6 atom stereocenters. The molecular weight excluding hydrogens is 570 g/mol. The summed E-state index contributed by atoms with van der Waals surface area (Å²) in [6.45, 7) is -0.332. The van der Waals surface area contributed by atoms with Gasteiger partial charge in [0.15, 0.2) is 23.7 Å². The van der Waals surface area contributed by atoms with E-state index in [0.29, 0.717) is 0 Å². The second-order valence-corrected chi connectivity index (χ2v) is 11.2. The van der Waals surface area contributed by atoms with Crippen molar-refractivity contribution in [1.29, 1.82) is 0 Å². The summed E-state index contributed by atoms with van der Waals surface area (Å²) in [6, 6.07) is 0. The fourth-order valence-corrected chi connectivity index (χ4v) is 5.68. The molecule has 1 aliphatic heterocycles. The minimum atomic E-state index is -5.34. The zero-order valence-electron chi connectivity index (χ0n) is 19.7. The number of aromatic nitrogens is 5. The maximum absolute atomic E-state index is 12.3. The Labute approximate surface area is 217 Å². The fraction of sp³-hybridized carbons (Fsp3) is 0.389. The van der Waals surface area contributed by atoms with Gasteiger partial charge in [-0.15, -0.1) is 0 Å². The highest BCUT2D eigenvalue weighted by Gasteiger charge is 2.46. The number of rotatable bonds is 10. The van der Waals surface area contributed by atoms with Gasteiger partial charge in [-0.2, -0.15) is 9.29 Å². The van der Waals surface area contributed by atoms with Crippen LogP contribution in [0.3, 0.4) is 0 Å². The molecular formula is C18H22N6O13P2. The van der Waals surface area contributed by atoms with Crippen molar-refractivity contribution < 1.29 is 57.1 Å². The number of carbonyl (C=O) groups excluding carboxylic acids is 1. The Kier molecular flexibility index (Phi) is 8.02. The summed E-state index contributed by atoms with van der Waals surface area (Å²) >= 11 is 0. The van der Waals surface area contributed by atoms with Gasteiger partial charge in [0.1, 0.15) is 24.1 Å². The molecule has 4 heterocycles. The SMILES string of the molecule is Cc1ncc(COP(=O)(O)OP(=O)(O)OC[C@H]2O[C@@H](n3cnc4c(=O)[nH]c(N)nc43)[C@H](O)[C@@H]2O)c(C=O)c1O. The quantitative estimate of drug-likeness (QED) is 0.110. The predicted molar refractivity (Wildman–Crippen MR) is 126 cm³/mol. The number of aldehydes is 1. The minimum Gasteiger partial charge on any atom is -0.505 e. The largest absolute Gasteiger partial charge is 0.505 e. The number of aromatic hydroxyl groups is 1. The van der Waals surface area contributed by atoms with Gasteiger partial charge in [-0.25, -0.2) is 14.1 Å². The molecule has 8 N–H and O–H groups in total. The molecule has 0 amide bonds. The van der Waals surface area contributed by atoms with Crippen LogP contribution in [0.15, 0.2) is 17.3 Å². The molecule has 3 aromatic rings. The Morgan fingerprint density at radius 2 is 1.90 bits per heavy atom. The molecule has 0 aliphatic carbocycles. The van der Waals surface area contributed by atoms with E-state index in [1.54, 1.807) is 0 Å². The van der Waals surface area contributed by atoms with Crippen molar-refractivity contribution in [2.45, 2.75) is 38.1 Å². The number of nitrogens with one attached hydrogen (secondary N) is 1. The van der Waals surface area contributed by atoms with Crippen LogP contribution in [0.1, 0.15) is 27.8 Å². The van der Waals surface area contributed by atoms with Gasteiger partial charge in [-0.1, -0.05) is 0 Å². The van der Waals surface area contributed by atoms with E-state index in [1.807, 2.05) is 0 Å². The van der Waals surface area contributed by atoms with E-state index in [-0.39, 0.29) is 40.2 Å². The van der Waals surface area contributed by atoms with Crippen LogP contribution in [0.4, 0.5) is 5.95 Å². The smallest absolute Gasteiger partial charge is 0.481 e. The van der Waals surface area contributed by atoms with E-state index < -0.39 is 64.7 Å². The first-order chi connectivity index (χ1) is 18.2. The van der Waals surface area contributed by atoms with Gasteiger partial charge >= 0.3 is 15.6 Å². The average Bonchev–Trinajstić information content (AvgIpc) is 3.39. The minimum absolute atomic E-state index is 0.0848. The Hall–Kier alpha value is -3.09. The first kappa shape index (κ1) is 28.9. The molecule has 0 aromatic carbocycles. The molecule has 0 radical (unpaired) electrons. The molecule has 2 unspecified atom stereocenters. The second-order valence-electron chi connectivity index (χ2n) is 8.16. The van der Waals surface area contributed by atoms with E-state index in [2.05, 4.69) is 33.3 Å². The predicted octanol–water partition coefficient (Wildman–Crippen LogP) is -1.01. The Morgan fingerprint density at radius 3 is 2.59 bits per heavy atom. The average molecular weight is 592 g/mol. The Morgan fingerprint density at radius 1 is 1.21 bits per heavy atom. The zero-order valence-corrected chi connectivity index (χ0v) is 21.5. The molecule has 39 heavy (non-hydrogen) atoms. The van der Waals surface area contributed by atoms with Gasteiger partial charge in [-0.05, 0) is 6.92 Å². The normalized spacial score (nSPS) is 24.4. The number of hydrogen-bond acceptors (Lipinski definition) is 15. The highest BCUT2D eigenvalue weighted by molar-refractivity contribution is 7.61. The van der Waals surface area contributed by atoms with Crippen molar-refractivity contribution in [1.82, 2.24) is 24.5 Å². The standard InChI is InChI=1S/C18H22N6O13P2/c1-7-12(26)9(3-25)8(2-20-7)4-34-38(30,31)37-39(32,33)35-5-10-13(27)14(28)17(36-10)24-6-21-11-15(24)22-18(19)23-16(11)29/h2-3,6,10,13-14,17,26-28H,4-5H2,1H3,(H,30,31)(H,32,33)(H3,19,22,23,29)/t10-,13-,14-,17-/m1/s1. The van der Waals surface area contributed by atoms with Crippen LogP contribution < -0.4 is 11.3 Å². The van der Waals surface area contributed by atoms with E-state index >= 15 is 0 Å². The van der Waals surface area contributed by atoms with Crippen LogP contribution in [0.2, 0.25) is 0 Å². The first-order valence-corrected chi connectivity index (χ1v) is 13.7. The molecule has 0 bridgehead atoms. The molecule has 21 heteroatoms. The van der Waals surface area contributed by atoms with Crippen LogP contribution >= 0.6 is 15.6 Å². The lowest BCUT2D eigenvalue weighted by Gasteiger charge is -2.19. The Bertz CT molecular complexity index is 1560. The monoisotopic (exact) mass is 592 g/mol. The van der Waals surface area contributed by atoms with Gasteiger partial charge in [-0.3, -0.25) is 33.2 Å². The molecule has 3 aromatic heterocycles. The van der Waals surface area contributed by atoms with Gasteiger partial charge in [0.2, 0.25) is 5.95 Å². The number of carbonyl (C=O) groups is 1. The zero-order chi connectivity index (χ0) is 28.7. The molecule has 1 fully saturated rings. The van der Waals surface area contributed by atoms with Crippen molar-refractivity contribution in [2.24, 2.45) is 0 Å². The van der Waals surface area contributed by atoms with Gasteiger partial charge in [0.25, 0.3) is 5.56 Å². The summed E-state index contributed by atoms with van der Waals surface area (Å²) in [6.07, 6.45) is -3.78.